The van der Waals surface area contributed by atoms with E-state index in [1.807, 2.05) is 23.1 Å². The summed E-state index contributed by atoms with van der Waals surface area (Å²) in [6.07, 6.45) is 1.70. The van der Waals surface area contributed by atoms with E-state index in [4.69, 9.17) is 16.6 Å². The maximum absolute atomic E-state index is 13.6. The Morgan fingerprint density at radius 2 is 1.79 bits per heavy atom. The van der Waals surface area contributed by atoms with E-state index in [2.05, 4.69) is 10.3 Å². The monoisotopic (exact) mass is 459 g/mol. The second kappa shape index (κ2) is 8.48. The van der Waals surface area contributed by atoms with Gasteiger partial charge in [0, 0.05) is 17.4 Å². The largest absolute Gasteiger partial charge is 0.478 e. The van der Waals surface area contributed by atoms with Gasteiger partial charge in [0.05, 0.1) is 17.3 Å². The lowest BCUT2D eigenvalue weighted by Gasteiger charge is -2.26. The molecule has 2 aromatic carbocycles. The molecule has 0 unspecified atom stereocenters. The number of carboxylic acids is 1. The number of hydrogen-bond donors (Lipinski definition) is 2. The molecule has 1 fully saturated rings. The van der Waals surface area contributed by atoms with E-state index in [9.17, 15) is 14.3 Å². The lowest BCUT2D eigenvalue weighted by atomic mass is 10.0. The van der Waals surface area contributed by atoms with E-state index in [-0.39, 0.29) is 17.4 Å². The molecular weight excluding hydrogens is 441 g/mol. The Morgan fingerprint density at radius 3 is 2.52 bits per heavy atom. The molecule has 2 N–H and O–H groups in total. The van der Waals surface area contributed by atoms with Crippen molar-refractivity contribution in [3.05, 3.63) is 108 Å². The molecule has 8 heteroatoms. The topological polar surface area (TPSA) is 78.6 Å². The van der Waals surface area contributed by atoms with Gasteiger partial charge in [0.1, 0.15) is 23.4 Å². The molecule has 0 spiro atoms. The summed E-state index contributed by atoms with van der Waals surface area (Å²) in [5.41, 5.74) is 2.09. The second-order valence-electron chi connectivity index (χ2n) is 7.53. The summed E-state index contributed by atoms with van der Waals surface area (Å²) < 4.78 is 19.8. The van der Waals surface area contributed by atoms with Gasteiger partial charge >= 0.3 is 5.97 Å². The summed E-state index contributed by atoms with van der Waals surface area (Å²) in [6.45, 7) is 0. The van der Waals surface area contributed by atoms with Crippen LogP contribution in [0.5, 0.6) is 0 Å². The molecule has 4 aromatic rings. The minimum Gasteiger partial charge on any atom is -0.478 e. The standard InChI is InChI=1S/C25H18FN3O3S/c26-15-8-10-16(11-9-15)29-23(22(28-25(29)33)19-7-3-4-14-27-19)21-13-12-20(32-21)17-5-1-2-6-18(17)24(30)31/h1-14,22-23H,(H,28,33)(H,30,31)/t22-,23-/m0/s1. The van der Waals surface area contributed by atoms with E-state index in [0.717, 1.165) is 5.69 Å². The van der Waals surface area contributed by atoms with Gasteiger partial charge in [-0.05, 0) is 66.8 Å². The van der Waals surface area contributed by atoms with Gasteiger partial charge in [-0.25, -0.2) is 9.18 Å². The number of pyridine rings is 1. The fourth-order valence-electron chi connectivity index (χ4n) is 4.06. The van der Waals surface area contributed by atoms with Gasteiger partial charge in [0.15, 0.2) is 5.11 Å². The van der Waals surface area contributed by atoms with E-state index < -0.39 is 12.0 Å². The highest BCUT2D eigenvalue weighted by Crippen LogP contribution is 2.43. The first-order valence-corrected chi connectivity index (χ1v) is 10.6. The van der Waals surface area contributed by atoms with Crippen molar-refractivity contribution in [2.24, 2.45) is 0 Å². The zero-order valence-electron chi connectivity index (χ0n) is 17.2. The Hall–Kier alpha value is -4.04. The fraction of sp³-hybridized carbons (Fsp3) is 0.0800. The molecule has 0 radical (unpaired) electrons. The molecule has 1 aliphatic heterocycles. The number of furan rings is 1. The molecule has 2 atom stereocenters. The summed E-state index contributed by atoms with van der Waals surface area (Å²) in [7, 11) is 0. The number of anilines is 1. The van der Waals surface area contributed by atoms with Crippen LogP contribution < -0.4 is 10.2 Å². The van der Waals surface area contributed by atoms with Crippen LogP contribution in [-0.4, -0.2) is 21.2 Å². The van der Waals surface area contributed by atoms with Crippen LogP contribution >= 0.6 is 12.2 Å². The molecule has 0 aliphatic carbocycles. The Balaban J connectivity index is 1.61. The quantitative estimate of drug-likeness (QED) is 0.389. The first-order chi connectivity index (χ1) is 16.0. The number of hydrogen-bond acceptors (Lipinski definition) is 4. The van der Waals surface area contributed by atoms with Crippen LogP contribution in [0.3, 0.4) is 0 Å². The smallest absolute Gasteiger partial charge is 0.336 e. The number of aromatic carboxylic acids is 1. The highest BCUT2D eigenvalue weighted by molar-refractivity contribution is 7.80. The van der Waals surface area contributed by atoms with Crippen molar-refractivity contribution in [2.45, 2.75) is 12.1 Å². The SMILES string of the molecule is O=C(O)c1ccccc1-c1ccc([C@H]2[C@H](c3ccccn3)NC(=S)N2c2ccc(F)cc2)o1. The molecule has 0 amide bonds. The van der Waals surface area contributed by atoms with Gasteiger partial charge in [-0.1, -0.05) is 24.3 Å². The summed E-state index contributed by atoms with van der Waals surface area (Å²) >= 11 is 5.64. The van der Waals surface area contributed by atoms with E-state index in [1.165, 1.54) is 18.2 Å². The van der Waals surface area contributed by atoms with Gasteiger partial charge in [-0.3, -0.25) is 4.98 Å². The van der Waals surface area contributed by atoms with Crippen molar-refractivity contribution in [3.63, 3.8) is 0 Å². The molecule has 33 heavy (non-hydrogen) atoms. The van der Waals surface area contributed by atoms with Crippen molar-refractivity contribution in [3.8, 4) is 11.3 Å². The molecule has 2 aromatic heterocycles. The number of benzene rings is 2. The van der Waals surface area contributed by atoms with Gasteiger partial charge < -0.3 is 19.7 Å². The van der Waals surface area contributed by atoms with Crippen LogP contribution in [0.1, 0.15) is 33.9 Å². The van der Waals surface area contributed by atoms with Crippen LogP contribution in [0.15, 0.2) is 89.5 Å². The van der Waals surface area contributed by atoms with Crippen LogP contribution in [0, 0.1) is 5.82 Å². The maximum Gasteiger partial charge on any atom is 0.336 e. The Kier molecular flexibility index (Phi) is 5.35. The van der Waals surface area contributed by atoms with Crippen molar-refractivity contribution < 1.29 is 18.7 Å². The second-order valence-corrected chi connectivity index (χ2v) is 7.91. The van der Waals surface area contributed by atoms with E-state index >= 15 is 0 Å². The number of carbonyl (C=O) groups is 1. The summed E-state index contributed by atoms with van der Waals surface area (Å²) in [5.74, 6) is -0.385. The highest BCUT2D eigenvalue weighted by atomic mass is 32.1. The molecule has 0 saturated carbocycles. The molecule has 6 nitrogen and oxygen atoms in total. The molecule has 5 rings (SSSR count). The summed E-state index contributed by atoms with van der Waals surface area (Å²) in [5, 5.41) is 13.3. The van der Waals surface area contributed by atoms with Crippen molar-refractivity contribution >= 4 is 29.0 Å². The minimum absolute atomic E-state index is 0.148. The highest BCUT2D eigenvalue weighted by Gasteiger charge is 2.42. The molecule has 3 heterocycles. The molecular formula is C25H18FN3O3S. The lowest BCUT2D eigenvalue weighted by molar-refractivity contribution is 0.0697. The zero-order chi connectivity index (χ0) is 22.9. The number of nitrogens with one attached hydrogen (secondary N) is 1. The minimum atomic E-state index is -1.04. The first kappa shape index (κ1) is 20.8. The van der Waals surface area contributed by atoms with Crippen LogP contribution in [0.2, 0.25) is 0 Å². The van der Waals surface area contributed by atoms with Crippen molar-refractivity contribution in [2.75, 3.05) is 4.90 Å². The third-order valence-corrected chi connectivity index (χ3v) is 5.86. The summed E-state index contributed by atoms with van der Waals surface area (Å²) in [6, 6.07) is 21.1. The predicted molar refractivity (Wildman–Crippen MR) is 125 cm³/mol. The van der Waals surface area contributed by atoms with Gasteiger partial charge in [-0.2, -0.15) is 0 Å². The fourth-order valence-corrected chi connectivity index (χ4v) is 4.41. The van der Waals surface area contributed by atoms with Crippen molar-refractivity contribution in [1.82, 2.24) is 10.3 Å². The van der Waals surface area contributed by atoms with Crippen LogP contribution in [0.4, 0.5) is 10.1 Å². The normalized spacial score (nSPS) is 17.7. The Bertz CT molecular complexity index is 1320. The number of aromatic nitrogens is 1. The number of carboxylic acid groups (broad SMARTS) is 1. The zero-order valence-corrected chi connectivity index (χ0v) is 18.0. The molecule has 1 aliphatic rings. The van der Waals surface area contributed by atoms with E-state index in [0.29, 0.717) is 27.9 Å². The van der Waals surface area contributed by atoms with Crippen LogP contribution in [0.25, 0.3) is 11.3 Å². The number of thiocarbonyl (C=S) groups is 1. The maximum atomic E-state index is 13.6. The first-order valence-electron chi connectivity index (χ1n) is 10.2. The third-order valence-electron chi connectivity index (χ3n) is 5.54. The van der Waals surface area contributed by atoms with Gasteiger partial charge in [0.25, 0.3) is 0 Å². The molecule has 164 valence electrons. The summed E-state index contributed by atoms with van der Waals surface area (Å²) in [4.78, 5) is 18.0. The molecule has 0 bridgehead atoms. The Labute approximate surface area is 194 Å². The third kappa shape index (κ3) is 3.85. The number of halogens is 1. The van der Waals surface area contributed by atoms with Crippen molar-refractivity contribution in [1.29, 1.82) is 0 Å². The van der Waals surface area contributed by atoms with Gasteiger partial charge in [-0.15, -0.1) is 0 Å². The van der Waals surface area contributed by atoms with Crippen LogP contribution in [-0.2, 0) is 0 Å². The van der Waals surface area contributed by atoms with E-state index in [1.54, 1.807) is 48.7 Å². The number of nitrogens with zero attached hydrogens (tertiary/aromatic N) is 2. The number of rotatable bonds is 5. The molecule has 1 saturated heterocycles. The Morgan fingerprint density at radius 1 is 1.03 bits per heavy atom. The average molecular weight is 460 g/mol. The van der Waals surface area contributed by atoms with Gasteiger partial charge in [0.2, 0.25) is 0 Å². The lowest BCUT2D eigenvalue weighted by Crippen LogP contribution is -2.29. The predicted octanol–water partition coefficient (Wildman–Crippen LogP) is 5.36. The average Bonchev–Trinajstić information content (AvgIpc) is 3.45.